The molecule has 11 nitrogen and oxygen atoms in total. The van der Waals surface area contributed by atoms with Crippen LogP contribution in [0.4, 0.5) is 0 Å². The maximum atomic E-state index is 13.6. The number of benzene rings is 2. The molecule has 234 valence electrons. The van der Waals surface area contributed by atoms with Gasteiger partial charge in [0.1, 0.15) is 17.5 Å². The molecular weight excluding hydrogens is 611 g/mol. The first kappa shape index (κ1) is 32.8. The number of H-pyrrole nitrogens is 1. The summed E-state index contributed by atoms with van der Waals surface area (Å²) in [4.78, 5) is 68.2. The Balaban J connectivity index is 1.50. The Kier molecular flexibility index (Phi) is 10.9. The quantitative estimate of drug-likeness (QED) is 0.204. The van der Waals surface area contributed by atoms with E-state index < -0.39 is 48.2 Å². The second-order valence-electron chi connectivity index (χ2n) is 11.0. The van der Waals surface area contributed by atoms with E-state index in [1.165, 1.54) is 19.2 Å². The standard InChI is InChI=1S/C31H34Cl2N4O7/c1-16(2)12-23(37-30(41)24-14-18-21(35-24)8-5-9-26(18)43-3)29(40)36-22(13-17-10-11-34-28(17)39)25(38)15-44-31(42)27-19(32)6-4-7-20(27)33/h4-9,14,16-17,22-23,35H,10-13,15H2,1-3H3,(H,34,39)(H,36,40)(H,37,41)/t17?,22-,23-/m1/s1. The van der Waals surface area contributed by atoms with Crippen molar-refractivity contribution in [1.29, 1.82) is 0 Å². The van der Waals surface area contributed by atoms with Gasteiger partial charge in [-0.1, -0.05) is 49.2 Å². The maximum absolute atomic E-state index is 13.6. The molecule has 1 aliphatic rings. The maximum Gasteiger partial charge on any atom is 0.341 e. The van der Waals surface area contributed by atoms with Crippen molar-refractivity contribution in [3.05, 3.63) is 63.8 Å². The van der Waals surface area contributed by atoms with Gasteiger partial charge in [0, 0.05) is 23.4 Å². The van der Waals surface area contributed by atoms with Crippen LogP contribution in [0.1, 0.15) is 54.0 Å². The molecule has 3 amide bonds. The summed E-state index contributed by atoms with van der Waals surface area (Å²) in [7, 11) is 1.53. The number of hydrogen-bond donors (Lipinski definition) is 4. The normalized spacial score (nSPS) is 15.9. The molecule has 4 N–H and O–H groups in total. The zero-order valence-corrected chi connectivity index (χ0v) is 26.0. The zero-order chi connectivity index (χ0) is 32.0. The van der Waals surface area contributed by atoms with Crippen molar-refractivity contribution in [1.82, 2.24) is 20.9 Å². The number of esters is 1. The number of Topliss-reactive ketones (excluding diaryl/α,β-unsaturated/α-hetero) is 1. The largest absolute Gasteiger partial charge is 0.496 e. The highest BCUT2D eigenvalue weighted by molar-refractivity contribution is 6.39. The molecule has 1 unspecified atom stereocenters. The molecule has 2 aromatic carbocycles. The number of aromatic amines is 1. The summed E-state index contributed by atoms with van der Waals surface area (Å²) < 4.78 is 10.6. The molecule has 1 aromatic heterocycles. The minimum absolute atomic E-state index is 0.00458. The average Bonchev–Trinajstić information content (AvgIpc) is 3.60. The zero-order valence-electron chi connectivity index (χ0n) is 24.5. The number of fused-ring (bicyclic) bond motifs is 1. The van der Waals surface area contributed by atoms with Crippen LogP contribution in [0, 0.1) is 11.8 Å². The lowest BCUT2D eigenvalue weighted by Crippen LogP contribution is -2.53. The summed E-state index contributed by atoms with van der Waals surface area (Å²) in [5.41, 5.74) is 0.827. The Bertz CT molecular complexity index is 1550. The van der Waals surface area contributed by atoms with Crippen LogP contribution >= 0.6 is 23.2 Å². The Morgan fingerprint density at radius 1 is 1.02 bits per heavy atom. The van der Waals surface area contributed by atoms with E-state index in [2.05, 4.69) is 20.9 Å². The summed E-state index contributed by atoms with van der Waals surface area (Å²) >= 11 is 12.2. The molecule has 1 saturated heterocycles. The number of amides is 3. The van der Waals surface area contributed by atoms with Crippen LogP contribution in [-0.4, -0.2) is 66.8 Å². The van der Waals surface area contributed by atoms with Gasteiger partial charge in [-0.05, 0) is 55.5 Å². The van der Waals surface area contributed by atoms with Crippen molar-refractivity contribution in [2.24, 2.45) is 11.8 Å². The summed E-state index contributed by atoms with van der Waals surface area (Å²) in [6.45, 7) is 3.54. The summed E-state index contributed by atoms with van der Waals surface area (Å²) in [5, 5.41) is 9.01. The summed E-state index contributed by atoms with van der Waals surface area (Å²) in [6, 6.07) is 9.31. The van der Waals surface area contributed by atoms with E-state index in [0.717, 1.165) is 0 Å². The topological polar surface area (TPSA) is 156 Å². The van der Waals surface area contributed by atoms with Gasteiger partial charge in [0.15, 0.2) is 12.4 Å². The van der Waals surface area contributed by atoms with Crippen LogP contribution in [0.25, 0.3) is 10.9 Å². The Morgan fingerprint density at radius 2 is 1.73 bits per heavy atom. The lowest BCUT2D eigenvalue weighted by Gasteiger charge is -2.25. The van der Waals surface area contributed by atoms with Gasteiger partial charge in [-0.15, -0.1) is 0 Å². The lowest BCUT2D eigenvalue weighted by molar-refractivity contribution is -0.131. The van der Waals surface area contributed by atoms with Crippen LogP contribution in [0.3, 0.4) is 0 Å². The number of methoxy groups -OCH3 is 1. The first-order chi connectivity index (χ1) is 21.0. The minimum atomic E-state index is -1.17. The first-order valence-electron chi connectivity index (χ1n) is 14.2. The smallest absolute Gasteiger partial charge is 0.341 e. The number of halogens is 2. The fourth-order valence-corrected chi connectivity index (χ4v) is 5.62. The average molecular weight is 646 g/mol. The van der Waals surface area contributed by atoms with Crippen molar-refractivity contribution in [3.63, 3.8) is 0 Å². The van der Waals surface area contributed by atoms with Gasteiger partial charge >= 0.3 is 5.97 Å². The van der Waals surface area contributed by atoms with Gasteiger partial charge in [0.2, 0.25) is 11.8 Å². The van der Waals surface area contributed by atoms with Gasteiger partial charge in [0.05, 0.1) is 28.8 Å². The van der Waals surface area contributed by atoms with Crippen molar-refractivity contribution < 1.29 is 33.4 Å². The van der Waals surface area contributed by atoms with Crippen LogP contribution in [-0.2, 0) is 19.1 Å². The number of rotatable bonds is 13. The van der Waals surface area contributed by atoms with Crippen LogP contribution < -0.4 is 20.7 Å². The van der Waals surface area contributed by atoms with E-state index >= 15 is 0 Å². The molecule has 1 aliphatic heterocycles. The van der Waals surface area contributed by atoms with Gasteiger partial charge in [-0.3, -0.25) is 19.2 Å². The molecule has 0 radical (unpaired) electrons. The van der Waals surface area contributed by atoms with Crippen molar-refractivity contribution in [3.8, 4) is 5.75 Å². The molecule has 0 bridgehead atoms. The molecule has 4 rings (SSSR count). The van der Waals surface area contributed by atoms with E-state index in [1.54, 1.807) is 30.3 Å². The summed E-state index contributed by atoms with van der Waals surface area (Å²) in [6.07, 6.45) is 0.737. The predicted octanol–water partition coefficient (Wildman–Crippen LogP) is 4.06. The van der Waals surface area contributed by atoms with E-state index in [1.807, 2.05) is 13.8 Å². The number of carbonyl (C=O) groups excluding carboxylic acids is 5. The van der Waals surface area contributed by atoms with E-state index in [9.17, 15) is 24.0 Å². The fourth-order valence-electron chi connectivity index (χ4n) is 5.07. The second kappa shape index (κ2) is 14.6. The highest BCUT2D eigenvalue weighted by atomic mass is 35.5. The molecule has 3 aromatic rings. The van der Waals surface area contributed by atoms with Crippen molar-refractivity contribution in [2.75, 3.05) is 20.3 Å². The third-order valence-corrected chi connectivity index (χ3v) is 7.95. The third kappa shape index (κ3) is 7.89. The molecule has 3 atom stereocenters. The Hall–Kier alpha value is -4.09. The van der Waals surface area contributed by atoms with E-state index in [4.69, 9.17) is 32.7 Å². The highest BCUT2D eigenvalue weighted by Crippen LogP contribution is 2.27. The molecule has 0 aliphatic carbocycles. The minimum Gasteiger partial charge on any atom is -0.496 e. The van der Waals surface area contributed by atoms with Gasteiger partial charge in [0.25, 0.3) is 5.91 Å². The molecule has 0 saturated carbocycles. The fraction of sp³-hybridized carbons (Fsp3) is 0.387. The number of aromatic nitrogens is 1. The lowest BCUT2D eigenvalue weighted by atomic mass is 9.95. The molecular formula is C31H34Cl2N4O7. The summed E-state index contributed by atoms with van der Waals surface area (Å²) in [5.74, 6) is -2.85. The van der Waals surface area contributed by atoms with Gasteiger partial charge in [-0.2, -0.15) is 0 Å². The Labute approximate surface area is 264 Å². The number of carbonyl (C=O) groups is 5. The Morgan fingerprint density at radius 3 is 2.36 bits per heavy atom. The van der Waals surface area contributed by atoms with E-state index in [-0.39, 0.29) is 46.0 Å². The SMILES string of the molecule is COc1cccc2[nH]c(C(=O)N[C@H](CC(C)C)C(=O)N[C@H](CC3CCNC3=O)C(=O)COC(=O)c3c(Cl)cccc3Cl)cc12. The van der Waals surface area contributed by atoms with Crippen molar-refractivity contribution in [2.45, 2.75) is 45.2 Å². The highest BCUT2D eigenvalue weighted by Gasteiger charge is 2.34. The number of ether oxygens (including phenoxy) is 2. The first-order valence-corrected chi connectivity index (χ1v) is 14.9. The van der Waals surface area contributed by atoms with Crippen molar-refractivity contribution >= 4 is 63.6 Å². The van der Waals surface area contributed by atoms with Crippen LogP contribution in [0.5, 0.6) is 5.75 Å². The molecule has 0 spiro atoms. The molecule has 2 heterocycles. The molecule has 13 heteroatoms. The van der Waals surface area contributed by atoms with Crippen LogP contribution in [0.15, 0.2) is 42.5 Å². The van der Waals surface area contributed by atoms with E-state index in [0.29, 0.717) is 29.6 Å². The monoisotopic (exact) mass is 644 g/mol. The van der Waals surface area contributed by atoms with Gasteiger partial charge in [-0.25, -0.2) is 4.79 Å². The molecule has 44 heavy (non-hydrogen) atoms. The van der Waals surface area contributed by atoms with Crippen LogP contribution in [0.2, 0.25) is 10.0 Å². The molecule has 1 fully saturated rings. The number of nitrogens with one attached hydrogen (secondary N) is 4. The van der Waals surface area contributed by atoms with Gasteiger partial charge < -0.3 is 30.4 Å². The second-order valence-corrected chi connectivity index (χ2v) is 11.8. The third-order valence-electron chi connectivity index (χ3n) is 7.32. The predicted molar refractivity (Wildman–Crippen MR) is 165 cm³/mol. The number of ketones is 1. The number of hydrogen-bond acceptors (Lipinski definition) is 7.